The van der Waals surface area contributed by atoms with E-state index >= 15 is 0 Å². The molecular weight excluding hydrogens is 532 g/mol. The van der Waals surface area contributed by atoms with Crippen molar-refractivity contribution < 1.29 is 18.7 Å². The van der Waals surface area contributed by atoms with Crippen molar-refractivity contribution in [3.63, 3.8) is 0 Å². The summed E-state index contributed by atoms with van der Waals surface area (Å²) in [5.74, 6) is -0.492. The Balaban J connectivity index is 1.45. The zero-order valence-electron chi connectivity index (χ0n) is 22.9. The fourth-order valence-electron chi connectivity index (χ4n) is 5.70. The number of benzene rings is 2. The van der Waals surface area contributed by atoms with Gasteiger partial charge in [0.05, 0.1) is 23.0 Å². The number of halogens is 2. The number of carboxylic acid groups (broad SMARTS) is 1. The summed E-state index contributed by atoms with van der Waals surface area (Å²) in [5.41, 5.74) is 1.94. The van der Waals surface area contributed by atoms with Gasteiger partial charge in [0, 0.05) is 31.4 Å². The lowest BCUT2D eigenvalue weighted by Crippen LogP contribution is -2.57. The highest BCUT2D eigenvalue weighted by atomic mass is 19.2. The molecule has 11 nitrogen and oxygen atoms in total. The van der Waals surface area contributed by atoms with Crippen molar-refractivity contribution in [2.45, 2.75) is 51.7 Å². The van der Waals surface area contributed by atoms with E-state index in [4.69, 9.17) is 4.98 Å². The van der Waals surface area contributed by atoms with Gasteiger partial charge >= 0.3 is 6.09 Å². The topological polar surface area (TPSA) is 116 Å². The summed E-state index contributed by atoms with van der Waals surface area (Å²) >= 11 is 0. The van der Waals surface area contributed by atoms with E-state index in [9.17, 15) is 18.7 Å². The summed E-state index contributed by atoms with van der Waals surface area (Å²) in [6.07, 6.45) is 2.19. The van der Waals surface area contributed by atoms with Gasteiger partial charge in [0.2, 0.25) is 5.95 Å². The highest BCUT2D eigenvalue weighted by Crippen LogP contribution is 2.41. The highest BCUT2D eigenvalue weighted by Gasteiger charge is 2.37. The number of rotatable bonds is 4. The molecule has 4 aromatic rings. The van der Waals surface area contributed by atoms with Crippen LogP contribution in [0, 0.1) is 11.6 Å². The largest absolute Gasteiger partial charge is 0.465 e. The summed E-state index contributed by atoms with van der Waals surface area (Å²) in [5, 5.41) is 22.3. The number of nitrogens with zero attached hydrogens (tertiary/aromatic N) is 9. The SMILES string of the molecule is CC(C)(C)N(C(=O)O)C1CCCN(c2ncc3c(n2)N(Cc2ccc(F)c(F)c2)c2ccccc2-n2nnnc2-3)C1. The van der Waals surface area contributed by atoms with Gasteiger partial charge in [-0.1, -0.05) is 18.2 Å². The fourth-order valence-corrected chi connectivity index (χ4v) is 5.70. The van der Waals surface area contributed by atoms with Crippen LogP contribution >= 0.6 is 0 Å². The Hall–Kier alpha value is -4.68. The molecule has 0 saturated carbocycles. The van der Waals surface area contributed by atoms with E-state index in [-0.39, 0.29) is 12.6 Å². The molecule has 0 aliphatic carbocycles. The number of tetrazole rings is 1. The van der Waals surface area contributed by atoms with Crippen LogP contribution in [0.4, 0.5) is 31.0 Å². The van der Waals surface area contributed by atoms with Crippen LogP contribution in [-0.4, -0.2) is 70.9 Å². The van der Waals surface area contributed by atoms with Crippen molar-refractivity contribution in [1.82, 2.24) is 35.1 Å². The molecule has 0 spiro atoms. The van der Waals surface area contributed by atoms with Crippen molar-refractivity contribution in [3.8, 4) is 17.1 Å². The summed E-state index contributed by atoms with van der Waals surface area (Å²) in [7, 11) is 0. The molecule has 1 fully saturated rings. The lowest BCUT2D eigenvalue weighted by Gasteiger charge is -2.44. The molecule has 1 saturated heterocycles. The summed E-state index contributed by atoms with van der Waals surface area (Å²) in [6.45, 7) is 6.92. The van der Waals surface area contributed by atoms with Crippen LogP contribution in [0.1, 0.15) is 39.2 Å². The zero-order chi connectivity index (χ0) is 28.9. The molecule has 2 aromatic carbocycles. The summed E-state index contributed by atoms with van der Waals surface area (Å²) in [6, 6.07) is 11.1. The zero-order valence-corrected chi connectivity index (χ0v) is 22.9. The maximum Gasteiger partial charge on any atom is 0.408 e. The summed E-state index contributed by atoms with van der Waals surface area (Å²) < 4.78 is 29.6. The van der Waals surface area contributed by atoms with Crippen molar-refractivity contribution in [1.29, 1.82) is 0 Å². The van der Waals surface area contributed by atoms with Crippen LogP contribution in [0.5, 0.6) is 0 Å². The normalized spacial score (nSPS) is 16.5. The third-order valence-corrected chi connectivity index (χ3v) is 7.42. The third-order valence-electron chi connectivity index (χ3n) is 7.42. The monoisotopic (exact) mass is 561 g/mol. The number of para-hydroxylation sites is 2. The van der Waals surface area contributed by atoms with Gasteiger partial charge in [0.1, 0.15) is 5.82 Å². The first-order chi connectivity index (χ1) is 19.6. The van der Waals surface area contributed by atoms with Gasteiger partial charge in [0.15, 0.2) is 17.5 Å². The quantitative estimate of drug-likeness (QED) is 0.375. The first-order valence-corrected chi connectivity index (χ1v) is 13.4. The second-order valence-electron chi connectivity index (χ2n) is 11.2. The molecule has 2 aromatic heterocycles. The highest BCUT2D eigenvalue weighted by molar-refractivity contribution is 5.83. The van der Waals surface area contributed by atoms with Crippen molar-refractivity contribution >= 4 is 23.5 Å². The minimum atomic E-state index is -0.964. The Morgan fingerprint density at radius 1 is 1.12 bits per heavy atom. The van der Waals surface area contributed by atoms with E-state index in [1.165, 1.54) is 17.0 Å². The molecule has 41 heavy (non-hydrogen) atoms. The van der Waals surface area contributed by atoms with E-state index in [2.05, 4.69) is 20.5 Å². The van der Waals surface area contributed by atoms with Gasteiger partial charge in [-0.2, -0.15) is 9.67 Å². The molecular formula is C28H29F2N9O2. The number of carbonyl (C=O) groups is 1. The molecule has 0 radical (unpaired) electrons. The molecule has 6 rings (SSSR count). The first-order valence-electron chi connectivity index (χ1n) is 13.4. The number of fused-ring (bicyclic) bond motifs is 5. The van der Waals surface area contributed by atoms with Crippen LogP contribution < -0.4 is 9.80 Å². The van der Waals surface area contributed by atoms with Crippen LogP contribution in [0.2, 0.25) is 0 Å². The number of anilines is 3. The Morgan fingerprint density at radius 2 is 1.90 bits per heavy atom. The number of hydrogen-bond donors (Lipinski definition) is 1. The van der Waals surface area contributed by atoms with Crippen molar-refractivity contribution in [3.05, 3.63) is 65.9 Å². The number of hydrogen-bond acceptors (Lipinski definition) is 8. The van der Waals surface area contributed by atoms with Gasteiger partial charge < -0.3 is 14.9 Å². The van der Waals surface area contributed by atoms with E-state index < -0.39 is 23.3 Å². The maximum absolute atomic E-state index is 14.2. The molecule has 4 heterocycles. The first kappa shape index (κ1) is 26.5. The Labute approximate surface area is 235 Å². The predicted molar refractivity (Wildman–Crippen MR) is 147 cm³/mol. The van der Waals surface area contributed by atoms with E-state index in [0.29, 0.717) is 47.5 Å². The Kier molecular flexibility index (Phi) is 6.51. The standard InChI is InChI=1S/C28H29F2N9O2/c1-28(2,3)38(27(40)41)18-7-6-12-36(16-18)26-31-14-19-24(32-26)37(15-17-10-11-20(29)21(30)13-17)22-8-4-5-9-23(22)39-25(19)33-34-35-39/h4-5,8-11,13-14,18H,6-7,12,15-16H2,1-3H3,(H,40,41). The van der Waals surface area contributed by atoms with E-state index in [1.807, 2.05) is 54.8 Å². The fraction of sp³-hybridized carbons (Fsp3) is 0.357. The molecule has 13 heteroatoms. The van der Waals surface area contributed by atoms with E-state index in [1.54, 1.807) is 10.9 Å². The van der Waals surface area contributed by atoms with Gasteiger partial charge in [0.25, 0.3) is 0 Å². The lowest BCUT2D eigenvalue weighted by molar-refractivity contribution is 0.0646. The minimum absolute atomic E-state index is 0.176. The Morgan fingerprint density at radius 3 is 2.63 bits per heavy atom. The number of aromatic nitrogens is 6. The second kappa shape index (κ2) is 10.1. The van der Waals surface area contributed by atoms with Gasteiger partial charge in [-0.15, -0.1) is 5.10 Å². The smallest absolute Gasteiger partial charge is 0.408 e. The van der Waals surface area contributed by atoms with Crippen LogP contribution in [0.25, 0.3) is 17.1 Å². The molecule has 212 valence electrons. The average Bonchev–Trinajstić information content (AvgIpc) is 3.39. The maximum atomic E-state index is 14.2. The molecule has 1 unspecified atom stereocenters. The van der Waals surface area contributed by atoms with Crippen LogP contribution in [0.3, 0.4) is 0 Å². The summed E-state index contributed by atoms with van der Waals surface area (Å²) in [4.78, 5) is 27.2. The van der Waals surface area contributed by atoms with Crippen molar-refractivity contribution in [2.24, 2.45) is 0 Å². The minimum Gasteiger partial charge on any atom is -0.465 e. The van der Waals surface area contributed by atoms with Crippen LogP contribution in [-0.2, 0) is 6.54 Å². The molecule has 1 N–H and O–H groups in total. The average molecular weight is 562 g/mol. The second-order valence-corrected chi connectivity index (χ2v) is 11.2. The number of amides is 1. The van der Waals surface area contributed by atoms with E-state index in [0.717, 1.165) is 24.6 Å². The predicted octanol–water partition coefficient (Wildman–Crippen LogP) is 4.80. The Bertz CT molecular complexity index is 1620. The molecule has 1 amide bonds. The number of piperidine rings is 1. The lowest BCUT2D eigenvalue weighted by atomic mass is 9.98. The molecule has 2 aliphatic rings. The van der Waals surface area contributed by atoms with Gasteiger partial charge in [-0.3, -0.25) is 4.90 Å². The molecule has 0 bridgehead atoms. The van der Waals surface area contributed by atoms with Gasteiger partial charge in [-0.05, 0) is 73.9 Å². The van der Waals surface area contributed by atoms with Crippen molar-refractivity contribution in [2.75, 3.05) is 22.9 Å². The third kappa shape index (κ3) is 4.81. The molecule has 1 atom stereocenters. The molecule has 2 aliphatic heterocycles. The van der Waals surface area contributed by atoms with Gasteiger partial charge in [-0.25, -0.2) is 18.6 Å². The van der Waals surface area contributed by atoms with Crippen LogP contribution in [0.15, 0.2) is 48.7 Å².